The first-order valence-electron chi connectivity index (χ1n) is 3.67. The molecule has 1 rings (SSSR count). The molecule has 1 amide bonds. The maximum Gasteiger partial charge on any atom is 0.326 e. The molecule has 0 atom stereocenters. The molecule has 0 N–H and O–H groups in total. The highest BCUT2D eigenvalue weighted by Gasteiger charge is 2.23. The molecule has 1 heterocycles. The van der Waals surface area contributed by atoms with Gasteiger partial charge in [-0.15, -0.1) is 0 Å². The summed E-state index contributed by atoms with van der Waals surface area (Å²) in [5, 5.41) is 0. The fraction of sp³-hybridized carbons (Fsp3) is 0.714. The molecule has 1 aliphatic heterocycles. The zero-order valence-corrected chi connectivity index (χ0v) is 6.50. The van der Waals surface area contributed by atoms with E-state index in [4.69, 9.17) is 0 Å². The number of amides is 1. The Kier molecular flexibility index (Phi) is 2.46. The number of ether oxygens (including phenoxy) is 1. The van der Waals surface area contributed by atoms with Crippen LogP contribution in [0.4, 0.5) is 0 Å². The molecule has 0 saturated carbocycles. The third-order valence-corrected chi connectivity index (χ3v) is 1.52. The normalized spacial score (nSPS) is 18.5. The van der Waals surface area contributed by atoms with E-state index in [0.717, 1.165) is 6.42 Å². The van der Waals surface area contributed by atoms with Crippen LogP contribution in [-0.2, 0) is 14.3 Å². The maximum absolute atomic E-state index is 11.0. The minimum absolute atomic E-state index is 0.0845. The zero-order valence-electron chi connectivity index (χ0n) is 6.50. The van der Waals surface area contributed by atoms with Crippen LogP contribution in [0.25, 0.3) is 0 Å². The molecular formula is C7H11NO3. The van der Waals surface area contributed by atoms with Crippen molar-refractivity contribution in [2.45, 2.75) is 13.3 Å². The van der Waals surface area contributed by atoms with Gasteiger partial charge in [0, 0.05) is 6.54 Å². The molecule has 11 heavy (non-hydrogen) atoms. The topological polar surface area (TPSA) is 46.6 Å². The highest BCUT2D eigenvalue weighted by Crippen LogP contribution is 2.00. The van der Waals surface area contributed by atoms with Crippen molar-refractivity contribution in [3.8, 4) is 0 Å². The van der Waals surface area contributed by atoms with E-state index in [1.807, 2.05) is 6.92 Å². The average molecular weight is 157 g/mol. The molecule has 62 valence electrons. The van der Waals surface area contributed by atoms with Gasteiger partial charge in [-0.1, -0.05) is 6.92 Å². The summed E-state index contributed by atoms with van der Waals surface area (Å²) in [6.07, 6.45) is 0.874. The Bertz CT molecular complexity index is 179. The number of esters is 1. The number of cyclic esters (lactones) is 1. The zero-order chi connectivity index (χ0) is 8.27. The molecule has 0 spiro atoms. The lowest BCUT2D eigenvalue weighted by Crippen LogP contribution is -2.44. The Balaban J connectivity index is 2.47. The van der Waals surface area contributed by atoms with E-state index < -0.39 is 0 Å². The Hall–Kier alpha value is -1.06. The van der Waals surface area contributed by atoms with Gasteiger partial charge < -0.3 is 9.64 Å². The summed E-state index contributed by atoms with van der Waals surface area (Å²) < 4.78 is 4.54. The molecule has 4 heteroatoms. The van der Waals surface area contributed by atoms with Gasteiger partial charge in [-0.05, 0) is 6.42 Å². The Morgan fingerprint density at radius 3 is 2.91 bits per heavy atom. The van der Waals surface area contributed by atoms with Gasteiger partial charge in [-0.3, -0.25) is 9.59 Å². The SMILES string of the molecule is CCCN1CC(=O)OCC1=O. The van der Waals surface area contributed by atoms with Gasteiger partial charge in [-0.2, -0.15) is 0 Å². The predicted molar refractivity (Wildman–Crippen MR) is 37.8 cm³/mol. The molecule has 0 unspecified atom stereocenters. The van der Waals surface area contributed by atoms with E-state index in [-0.39, 0.29) is 25.0 Å². The summed E-state index contributed by atoms with van der Waals surface area (Å²) in [5.41, 5.74) is 0. The van der Waals surface area contributed by atoms with Crippen molar-refractivity contribution < 1.29 is 14.3 Å². The number of morpholine rings is 1. The molecule has 0 aliphatic carbocycles. The summed E-state index contributed by atoms with van der Waals surface area (Å²) >= 11 is 0. The Morgan fingerprint density at radius 1 is 1.55 bits per heavy atom. The largest absolute Gasteiger partial charge is 0.454 e. The predicted octanol–water partition coefficient (Wildman–Crippen LogP) is -0.218. The molecule has 0 radical (unpaired) electrons. The quantitative estimate of drug-likeness (QED) is 0.521. The van der Waals surface area contributed by atoms with Crippen molar-refractivity contribution in [1.29, 1.82) is 0 Å². The van der Waals surface area contributed by atoms with E-state index in [1.165, 1.54) is 4.90 Å². The fourth-order valence-electron chi connectivity index (χ4n) is 0.997. The summed E-state index contributed by atoms with van der Waals surface area (Å²) in [4.78, 5) is 23.2. The van der Waals surface area contributed by atoms with E-state index in [1.54, 1.807) is 0 Å². The summed E-state index contributed by atoms with van der Waals surface area (Å²) in [6.45, 7) is 2.65. The van der Waals surface area contributed by atoms with Crippen LogP contribution in [0.2, 0.25) is 0 Å². The van der Waals surface area contributed by atoms with Gasteiger partial charge in [0.05, 0.1) is 0 Å². The second-order valence-corrected chi connectivity index (χ2v) is 2.48. The maximum atomic E-state index is 11.0. The average Bonchev–Trinajstić information content (AvgIpc) is 1.98. The third-order valence-electron chi connectivity index (χ3n) is 1.52. The first-order chi connectivity index (χ1) is 5.24. The first-order valence-corrected chi connectivity index (χ1v) is 3.67. The minimum atomic E-state index is -0.307. The van der Waals surface area contributed by atoms with Crippen molar-refractivity contribution in [3.63, 3.8) is 0 Å². The Morgan fingerprint density at radius 2 is 2.27 bits per heavy atom. The smallest absolute Gasteiger partial charge is 0.326 e. The number of nitrogens with zero attached hydrogens (tertiary/aromatic N) is 1. The summed E-state index contributed by atoms with van der Waals surface area (Å²) in [5.74, 6) is -0.399. The van der Waals surface area contributed by atoms with Gasteiger partial charge in [0.2, 0.25) is 0 Å². The van der Waals surface area contributed by atoms with Crippen molar-refractivity contribution in [2.75, 3.05) is 19.7 Å². The standard InChI is InChI=1S/C7H11NO3/c1-2-3-8-4-7(10)11-5-6(8)9/h2-5H2,1H3. The lowest BCUT2D eigenvalue weighted by molar-refractivity contribution is -0.162. The molecule has 1 aliphatic rings. The Labute approximate surface area is 65.1 Å². The fourth-order valence-corrected chi connectivity index (χ4v) is 0.997. The molecular weight excluding hydrogens is 146 g/mol. The molecule has 0 aromatic carbocycles. The summed E-state index contributed by atoms with van der Waals surface area (Å²) in [7, 11) is 0. The van der Waals surface area contributed by atoms with E-state index >= 15 is 0 Å². The highest BCUT2D eigenvalue weighted by molar-refractivity contribution is 5.87. The van der Waals surface area contributed by atoms with Crippen molar-refractivity contribution in [2.24, 2.45) is 0 Å². The van der Waals surface area contributed by atoms with Crippen LogP contribution < -0.4 is 0 Å². The highest BCUT2D eigenvalue weighted by atomic mass is 16.5. The lowest BCUT2D eigenvalue weighted by atomic mass is 10.3. The molecule has 1 saturated heterocycles. The minimum Gasteiger partial charge on any atom is -0.454 e. The van der Waals surface area contributed by atoms with Crippen LogP contribution >= 0.6 is 0 Å². The van der Waals surface area contributed by atoms with Gasteiger partial charge >= 0.3 is 5.97 Å². The van der Waals surface area contributed by atoms with Crippen molar-refractivity contribution in [3.05, 3.63) is 0 Å². The van der Waals surface area contributed by atoms with Crippen molar-refractivity contribution >= 4 is 11.9 Å². The molecule has 0 aromatic rings. The monoisotopic (exact) mass is 157 g/mol. The summed E-state index contributed by atoms with van der Waals surface area (Å²) in [6, 6.07) is 0. The van der Waals surface area contributed by atoms with E-state index in [0.29, 0.717) is 6.54 Å². The van der Waals surface area contributed by atoms with Gasteiger partial charge in [-0.25, -0.2) is 0 Å². The number of carbonyl (C=O) groups excluding carboxylic acids is 2. The molecule has 0 aromatic heterocycles. The van der Waals surface area contributed by atoms with Crippen LogP contribution in [0.15, 0.2) is 0 Å². The van der Waals surface area contributed by atoms with Crippen LogP contribution in [0.3, 0.4) is 0 Å². The van der Waals surface area contributed by atoms with Gasteiger partial charge in [0.15, 0.2) is 6.61 Å². The number of hydrogen-bond acceptors (Lipinski definition) is 3. The van der Waals surface area contributed by atoms with Gasteiger partial charge in [0.1, 0.15) is 6.54 Å². The lowest BCUT2D eigenvalue weighted by Gasteiger charge is -2.24. The van der Waals surface area contributed by atoms with Crippen LogP contribution in [0, 0.1) is 0 Å². The number of hydrogen-bond donors (Lipinski definition) is 0. The third kappa shape index (κ3) is 1.93. The second-order valence-electron chi connectivity index (χ2n) is 2.48. The number of rotatable bonds is 2. The molecule has 1 fully saturated rings. The second kappa shape index (κ2) is 3.37. The first kappa shape index (κ1) is 8.04. The van der Waals surface area contributed by atoms with Crippen LogP contribution in [-0.4, -0.2) is 36.5 Å². The molecule has 4 nitrogen and oxygen atoms in total. The molecule has 0 bridgehead atoms. The van der Waals surface area contributed by atoms with Crippen LogP contribution in [0.1, 0.15) is 13.3 Å². The van der Waals surface area contributed by atoms with Crippen molar-refractivity contribution in [1.82, 2.24) is 4.90 Å². The van der Waals surface area contributed by atoms with Gasteiger partial charge in [0.25, 0.3) is 5.91 Å². The van der Waals surface area contributed by atoms with E-state index in [9.17, 15) is 9.59 Å². The number of carbonyl (C=O) groups is 2. The van der Waals surface area contributed by atoms with E-state index in [2.05, 4.69) is 4.74 Å². The van der Waals surface area contributed by atoms with Crippen LogP contribution in [0.5, 0.6) is 0 Å².